The van der Waals surface area contributed by atoms with Crippen LogP contribution in [0.2, 0.25) is 0 Å². The van der Waals surface area contributed by atoms with E-state index in [1.54, 1.807) is 45.8 Å². The Labute approximate surface area is 175 Å². The number of carbonyl (C=O) groups is 2. The van der Waals surface area contributed by atoms with Gasteiger partial charge in [-0.1, -0.05) is 30.3 Å². The lowest BCUT2D eigenvalue weighted by Gasteiger charge is -2.34. The summed E-state index contributed by atoms with van der Waals surface area (Å²) in [4.78, 5) is 29.9. The second-order valence-electron chi connectivity index (χ2n) is 7.00. The average Bonchev–Trinajstić information content (AvgIpc) is 3.31. The Kier molecular flexibility index (Phi) is 4.49. The number of rotatable bonds is 2. The minimum atomic E-state index is -0.196. The van der Waals surface area contributed by atoms with Crippen LogP contribution in [0.1, 0.15) is 20.0 Å². The molecule has 0 saturated carbocycles. The summed E-state index contributed by atoms with van der Waals surface area (Å²) in [6.45, 7) is 1.90. The third kappa shape index (κ3) is 3.16. The molecule has 2 aromatic heterocycles. The SMILES string of the molecule is O=C(c1cc2sc3ccccc3c2s1)N1CCN(C(=O)c2ccccc2O)CC1. The molecule has 5 rings (SSSR count). The number of para-hydroxylation sites is 1. The number of hydrogen-bond donors (Lipinski definition) is 1. The van der Waals surface area contributed by atoms with Gasteiger partial charge >= 0.3 is 0 Å². The molecule has 7 heteroatoms. The molecule has 1 saturated heterocycles. The van der Waals surface area contributed by atoms with Crippen molar-refractivity contribution >= 4 is 54.0 Å². The van der Waals surface area contributed by atoms with Crippen molar-refractivity contribution < 1.29 is 14.7 Å². The van der Waals surface area contributed by atoms with E-state index in [0.29, 0.717) is 31.7 Å². The van der Waals surface area contributed by atoms with E-state index in [9.17, 15) is 14.7 Å². The maximum Gasteiger partial charge on any atom is 0.264 e. The Morgan fingerprint density at radius 1 is 0.793 bits per heavy atom. The molecule has 0 unspecified atom stereocenters. The Morgan fingerprint density at radius 2 is 1.45 bits per heavy atom. The molecule has 1 aliphatic heterocycles. The molecule has 0 aliphatic carbocycles. The van der Waals surface area contributed by atoms with Gasteiger partial charge in [0.1, 0.15) is 5.75 Å². The third-order valence-electron chi connectivity index (χ3n) is 5.25. The lowest BCUT2D eigenvalue weighted by atomic mass is 10.1. The van der Waals surface area contributed by atoms with E-state index in [2.05, 4.69) is 12.1 Å². The standard InChI is InChI=1S/C22H18N2O3S2/c25-16-7-3-1-5-14(16)21(26)23-9-11-24(12-10-23)22(27)19-13-18-20(29-19)15-6-2-4-8-17(15)28-18/h1-8,13,25H,9-12H2. The van der Waals surface area contributed by atoms with Gasteiger partial charge in [-0.25, -0.2) is 0 Å². The normalized spacial score (nSPS) is 14.6. The molecule has 3 heterocycles. The van der Waals surface area contributed by atoms with Crippen molar-refractivity contribution in [3.8, 4) is 5.75 Å². The van der Waals surface area contributed by atoms with Crippen LogP contribution in [0.25, 0.3) is 19.5 Å². The Bertz CT molecular complexity index is 1240. The average molecular weight is 423 g/mol. The minimum Gasteiger partial charge on any atom is -0.507 e. The maximum absolute atomic E-state index is 13.0. The molecule has 1 N–H and O–H groups in total. The number of amides is 2. The van der Waals surface area contributed by atoms with E-state index in [-0.39, 0.29) is 17.6 Å². The Balaban J connectivity index is 1.30. The molecule has 1 fully saturated rings. The summed E-state index contributed by atoms with van der Waals surface area (Å²) in [5.74, 6) is -0.183. The molecule has 0 atom stereocenters. The number of fused-ring (bicyclic) bond motifs is 3. The highest BCUT2D eigenvalue weighted by Gasteiger charge is 2.27. The van der Waals surface area contributed by atoms with Crippen molar-refractivity contribution in [2.45, 2.75) is 0 Å². The number of phenols is 1. The van der Waals surface area contributed by atoms with E-state index in [1.807, 2.05) is 23.1 Å². The van der Waals surface area contributed by atoms with Crippen LogP contribution in [0.4, 0.5) is 0 Å². The number of nitrogens with zero attached hydrogens (tertiary/aromatic N) is 2. The van der Waals surface area contributed by atoms with Gasteiger partial charge in [0.2, 0.25) is 0 Å². The predicted molar refractivity (Wildman–Crippen MR) is 117 cm³/mol. The first-order valence-corrected chi connectivity index (χ1v) is 11.0. The van der Waals surface area contributed by atoms with Crippen molar-refractivity contribution in [3.63, 3.8) is 0 Å². The lowest BCUT2D eigenvalue weighted by molar-refractivity contribution is 0.0536. The molecule has 2 amide bonds. The Hall–Kier alpha value is -2.90. The first kappa shape index (κ1) is 18.1. The second kappa shape index (κ2) is 7.17. The topological polar surface area (TPSA) is 60.9 Å². The first-order valence-electron chi connectivity index (χ1n) is 9.39. The van der Waals surface area contributed by atoms with E-state index >= 15 is 0 Å². The van der Waals surface area contributed by atoms with Gasteiger partial charge in [0.25, 0.3) is 11.8 Å². The monoisotopic (exact) mass is 422 g/mol. The predicted octanol–water partition coefficient (Wildman–Crippen LogP) is 4.42. The summed E-state index contributed by atoms with van der Waals surface area (Å²) in [6.07, 6.45) is 0. The van der Waals surface area contributed by atoms with Crippen LogP contribution in [0.5, 0.6) is 5.75 Å². The lowest BCUT2D eigenvalue weighted by Crippen LogP contribution is -2.50. The zero-order valence-electron chi connectivity index (χ0n) is 15.5. The van der Waals surface area contributed by atoms with Crippen LogP contribution in [0.15, 0.2) is 54.6 Å². The number of thiophene rings is 2. The van der Waals surface area contributed by atoms with Gasteiger partial charge in [0, 0.05) is 41.0 Å². The summed E-state index contributed by atoms with van der Waals surface area (Å²) in [5, 5.41) is 11.1. The van der Waals surface area contributed by atoms with Crippen molar-refractivity contribution in [1.82, 2.24) is 9.80 Å². The van der Waals surface area contributed by atoms with E-state index in [0.717, 1.165) is 9.58 Å². The highest BCUT2D eigenvalue weighted by atomic mass is 32.1. The van der Waals surface area contributed by atoms with Gasteiger partial charge in [0.15, 0.2) is 0 Å². The van der Waals surface area contributed by atoms with E-state index < -0.39 is 0 Å². The summed E-state index contributed by atoms with van der Waals surface area (Å²) in [7, 11) is 0. The summed E-state index contributed by atoms with van der Waals surface area (Å²) < 4.78 is 3.55. The van der Waals surface area contributed by atoms with Gasteiger partial charge in [-0.3, -0.25) is 9.59 Å². The highest BCUT2D eigenvalue weighted by Crippen LogP contribution is 2.39. The molecule has 2 aromatic carbocycles. The number of benzene rings is 2. The molecule has 1 aliphatic rings. The van der Waals surface area contributed by atoms with Crippen molar-refractivity contribution in [3.05, 3.63) is 65.0 Å². The number of piperazine rings is 1. The van der Waals surface area contributed by atoms with E-state index in [1.165, 1.54) is 20.9 Å². The molecule has 0 radical (unpaired) electrons. The third-order valence-corrected chi connectivity index (χ3v) is 7.65. The summed E-state index contributed by atoms with van der Waals surface area (Å²) >= 11 is 3.26. The molecule has 0 spiro atoms. The van der Waals surface area contributed by atoms with Gasteiger partial charge in [-0.05, 0) is 24.3 Å². The summed E-state index contributed by atoms with van der Waals surface area (Å²) in [6, 6.07) is 16.8. The Morgan fingerprint density at radius 3 is 2.21 bits per heavy atom. The summed E-state index contributed by atoms with van der Waals surface area (Å²) in [5.41, 5.74) is 0.303. The van der Waals surface area contributed by atoms with Crippen LogP contribution in [-0.4, -0.2) is 52.9 Å². The quantitative estimate of drug-likeness (QED) is 0.520. The molecule has 0 bridgehead atoms. The van der Waals surface area contributed by atoms with Crippen LogP contribution >= 0.6 is 22.7 Å². The molecular weight excluding hydrogens is 404 g/mol. The maximum atomic E-state index is 13.0. The van der Waals surface area contributed by atoms with Crippen molar-refractivity contribution in [2.75, 3.05) is 26.2 Å². The molecule has 29 heavy (non-hydrogen) atoms. The van der Waals surface area contributed by atoms with Gasteiger partial charge in [-0.15, -0.1) is 22.7 Å². The van der Waals surface area contributed by atoms with Crippen LogP contribution in [0, 0.1) is 0 Å². The number of hydrogen-bond acceptors (Lipinski definition) is 5. The fraction of sp³-hybridized carbons (Fsp3) is 0.182. The minimum absolute atomic E-state index is 0.0121. The van der Waals surface area contributed by atoms with Crippen LogP contribution in [-0.2, 0) is 0 Å². The van der Waals surface area contributed by atoms with Crippen LogP contribution < -0.4 is 0 Å². The largest absolute Gasteiger partial charge is 0.507 e. The fourth-order valence-corrected chi connectivity index (χ4v) is 6.19. The number of aromatic hydroxyl groups is 1. The van der Waals surface area contributed by atoms with Gasteiger partial charge < -0.3 is 14.9 Å². The van der Waals surface area contributed by atoms with Crippen LogP contribution in [0.3, 0.4) is 0 Å². The number of phenolic OH excluding ortho intramolecular Hbond substituents is 1. The molecule has 4 aromatic rings. The zero-order chi connectivity index (χ0) is 20.0. The first-order chi connectivity index (χ1) is 14.1. The molecule has 5 nitrogen and oxygen atoms in total. The van der Waals surface area contributed by atoms with Gasteiger partial charge in [0.05, 0.1) is 15.1 Å². The fourth-order valence-electron chi connectivity index (χ4n) is 3.70. The van der Waals surface area contributed by atoms with Crippen molar-refractivity contribution in [1.29, 1.82) is 0 Å². The smallest absolute Gasteiger partial charge is 0.264 e. The van der Waals surface area contributed by atoms with E-state index in [4.69, 9.17) is 0 Å². The second-order valence-corrected chi connectivity index (χ2v) is 9.14. The molecular formula is C22H18N2O3S2. The highest BCUT2D eigenvalue weighted by molar-refractivity contribution is 7.33. The zero-order valence-corrected chi connectivity index (χ0v) is 17.1. The molecule has 146 valence electrons. The van der Waals surface area contributed by atoms with Crippen molar-refractivity contribution in [2.24, 2.45) is 0 Å². The van der Waals surface area contributed by atoms with Gasteiger partial charge in [-0.2, -0.15) is 0 Å². The number of carbonyl (C=O) groups excluding carboxylic acids is 2.